The average Bonchev–Trinajstić information content (AvgIpc) is 2.70. The van der Waals surface area contributed by atoms with E-state index >= 15 is 0 Å². The maximum atomic E-state index is 12.4. The summed E-state index contributed by atoms with van der Waals surface area (Å²) < 4.78 is 5.80. The lowest BCUT2D eigenvalue weighted by Crippen LogP contribution is -2.34. The summed E-state index contributed by atoms with van der Waals surface area (Å²) in [6.45, 7) is 2.20. The number of nitrogens with two attached hydrogens (primary N) is 1. The third-order valence-corrected chi connectivity index (χ3v) is 4.16. The van der Waals surface area contributed by atoms with E-state index in [0.29, 0.717) is 12.4 Å². The Labute approximate surface area is 160 Å². The van der Waals surface area contributed by atoms with Gasteiger partial charge in [0.15, 0.2) is 0 Å². The molecule has 8 heteroatoms. The number of aromatic amines is 2. The Kier molecular flexibility index (Phi) is 5.59. The molecule has 5 N–H and O–H groups in total. The minimum absolute atomic E-state index is 0.267. The van der Waals surface area contributed by atoms with Crippen LogP contribution in [0.15, 0.2) is 64.2 Å². The molecule has 2 aromatic carbocycles. The van der Waals surface area contributed by atoms with Crippen LogP contribution in [0.25, 0.3) is 0 Å². The molecule has 1 amide bonds. The van der Waals surface area contributed by atoms with Gasteiger partial charge in [-0.05, 0) is 30.2 Å². The SMILES string of the molecule is CC(NC(=O)c1[nH]c(=O)[nH]c(=O)c1N)c1cccc(OCc2ccccc2)c1. The average molecular weight is 380 g/mol. The van der Waals surface area contributed by atoms with Crippen molar-refractivity contribution in [1.82, 2.24) is 15.3 Å². The fourth-order valence-electron chi connectivity index (χ4n) is 2.64. The molecule has 144 valence electrons. The van der Waals surface area contributed by atoms with Crippen molar-refractivity contribution < 1.29 is 9.53 Å². The maximum Gasteiger partial charge on any atom is 0.326 e. The van der Waals surface area contributed by atoms with Crippen LogP contribution < -0.4 is 27.0 Å². The number of carbonyl (C=O) groups excluding carboxylic acids is 1. The molecule has 0 saturated heterocycles. The van der Waals surface area contributed by atoms with E-state index in [0.717, 1.165) is 11.1 Å². The molecule has 0 aliphatic carbocycles. The number of anilines is 1. The van der Waals surface area contributed by atoms with Crippen molar-refractivity contribution in [1.29, 1.82) is 0 Å². The quantitative estimate of drug-likeness (QED) is 0.517. The number of benzene rings is 2. The van der Waals surface area contributed by atoms with E-state index in [4.69, 9.17) is 10.5 Å². The molecular formula is C20H20N4O4. The van der Waals surface area contributed by atoms with Crippen LogP contribution in [0.5, 0.6) is 5.75 Å². The van der Waals surface area contributed by atoms with Gasteiger partial charge in [-0.2, -0.15) is 0 Å². The number of rotatable bonds is 6. The van der Waals surface area contributed by atoms with E-state index < -0.39 is 23.2 Å². The lowest BCUT2D eigenvalue weighted by molar-refractivity contribution is 0.0935. The largest absolute Gasteiger partial charge is 0.489 e. The van der Waals surface area contributed by atoms with E-state index in [9.17, 15) is 14.4 Å². The number of nitrogen functional groups attached to an aromatic ring is 1. The van der Waals surface area contributed by atoms with E-state index in [2.05, 4.69) is 10.3 Å². The predicted molar refractivity (Wildman–Crippen MR) is 105 cm³/mol. The Morgan fingerprint density at radius 1 is 1.11 bits per heavy atom. The first-order valence-electron chi connectivity index (χ1n) is 8.63. The lowest BCUT2D eigenvalue weighted by Gasteiger charge is -2.16. The molecule has 1 heterocycles. The molecule has 3 rings (SSSR count). The minimum Gasteiger partial charge on any atom is -0.489 e. The van der Waals surface area contributed by atoms with Gasteiger partial charge < -0.3 is 20.8 Å². The van der Waals surface area contributed by atoms with Crippen molar-refractivity contribution in [2.24, 2.45) is 0 Å². The molecule has 0 radical (unpaired) electrons. The first-order valence-corrected chi connectivity index (χ1v) is 8.63. The van der Waals surface area contributed by atoms with Crippen molar-refractivity contribution in [3.63, 3.8) is 0 Å². The first kappa shape index (κ1) is 19.0. The number of carbonyl (C=O) groups is 1. The Hall–Kier alpha value is -3.81. The first-order chi connectivity index (χ1) is 13.4. The van der Waals surface area contributed by atoms with Crippen molar-refractivity contribution >= 4 is 11.6 Å². The molecular weight excluding hydrogens is 360 g/mol. The summed E-state index contributed by atoms with van der Waals surface area (Å²) >= 11 is 0. The summed E-state index contributed by atoms with van der Waals surface area (Å²) in [5.41, 5.74) is 5.22. The van der Waals surface area contributed by atoms with Crippen LogP contribution in [0, 0.1) is 0 Å². The number of H-pyrrole nitrogens is 2. The molecule has 0 aliphatic rings. The van der Waals surface area contributed by atoms with E-state index in [-0.39, 0.29) is 11.4 Å². The van der Waals surface area contributed by atoms with Gasteiger partial charge in [-0.1, -0.05) is 42.5 Å². The van der Waals surface area contributed by atoms with Crippen molar-refractivity contribution in [2.45, 2.75) is 19.6 Å². The predicted octanol–water partition coefficient (Wildman–Crippen LogP) is 1.72. The van der Waals surface area contributed by atoms with Crippen LogP contribution in [-0.2, 0) is 6.61 Å². The lowest BCUT2D eigenvalue weighted by atomic mass is 10.1. The van der Waals surface area contributed by atoms with Crippen LogP contribution in [-0.4, -0.2) is 15.9 Å². The van der Waals surface area contributed by atoms with Crippen LogP contribution in [0.4, 0.5) is 5.69 Å². The Morgan fingerprint density at radius 3 is 2.61 bits per heavy atom. The molecule has 0 bridgehead atoms. The van der Waals surface area contributed by atoms with Crippen LogP contribution in [0.2, 0.25) is 0 Å². The summed E-state index contributed by atoms with van der Waals surface area (Å²) in [6.07, 6.45) is 0. The van der Waals surface area contributed by atoms with Crippen LogP contribution in [0.1, 0.15) is 34.6 Å². The molecule has 0 saturated carbocycles. The van der Waals surface area contributed by atoms with Crippen molar-refractivity contribution in [3.05, 3.63) is 92.3 Å². The van der Waals surface area contributed by atoms with E-state index in [1.807, 2.05) is 59.6 Å². The number of ether oxygens (including phenoxy) is 1. The van der Waals surface area contributed by atoms with Gasteiger partial charge in [-0.15, -0.1) is 0 Å². The van der Waals surface area contributed by atoms with Crippen LogP contribution in [0.3, 0.4) is 0 Å². The standard InChI is InChI=1S/C20H20N4O4/c1-12(22-19(26)17-16(21)18(25)24-20(27)23-17)14-8-5-9-15(10-14)28-11-13-6-3-2-4-7-13/h2-10,12H,11,21H2,1H3,(H,22,26)(H2,23,24,25,27). The summed E-state index contributed by atoms with van der Waals surface area (Å²) in [5, 5.41) is 2.71. The second-order valence-corrected chi connectivity index (χ2v) is 6.24. The van der Waals surface area contributed by atoms with Crippen LogP contribution >= 0.6 is 0 Å². The van der Waals surface area contributed by atoms with Gasteiger partial charge in [0, 0.05) is 0 Å². The van der Waals surface area contributed by atoms with Crippen molar-refractivity contribution in [2.75, 3.05) is 5.73 Å². The summed E-state index contributed by atoms with van der Waals surface area (Å²) in [4.78, 5) is 39.6. The molecule has 3 aromatic rings. The zero-order valence-corrected chi connectivity index (χ0v) is 15.2. The van der Waals surface area contributed by atoms with Gasteiger partial charge in [0.05, 0.1) is 6.04 Å². The molecule has 0 aliphatic heterocycles. The number of aromatic nitrogens is 2. The Morgan fingerprint density at radius 2 is 1.86 bits per heavy atom. The van der Waals surface area contributed by atoms with Gasteiger partial charge in [-0.25, -0.2) is 4.79 Å². The number of nitrogens with one attached hydrogen (secondary N) is 3. The van der Waals surface area contributed by atoms with Crippen molar-refractivity contribution in [3.8, 4) is 5.75 Å². The minimum atomic E-state index is -0.808. The number of amides is 1. The highest BCUT2D eigenvalue weighted by Gasteiger charge is 2.17. The molecule has 1 aromatic heterocycles. The maximum absolute atomic E-state index is 12.4. The Balaban J connectivity index is 1.71. The molecule has 1 atom stereocenters. The zero-order chi connectivity index (χ0) is 20.1. The van der Waals surface area contributed by atoms with E-state index in [1.165, 1.54) is 0 Å². The fraction of sp³-hybridized carbons (Fsp3) is 0.150. The molecule has 8 nitrogen and oxygen atoms in total. The topological polar surface area (TPSA) is 130 Å². The molecule has 0 fully saturated rings. The second-order valence-electron chi connectivity index (χ2n) is 6.24. The Bertz CT molecular complexity index is 1090. The molecule has 0 spiro atoms. The highest BCUT2D eigenvalue weighted by atomic mass is 16.5. The normalized spacial score (nSPS) is 11.6. The van der Waals surface area contributed by atoms with Gasteiger partial charge in [-0.3, -0.25) is 14.6 Å². The van der Waals surface area contributed by atoms with Gasteiger partial charge in [0.2, 0.25) is 0 Å². The number of hydrogen-bond acceptors (Lipinski definition) is 5. The smallest absolute Gasteiger partial charge is 0.326 e. The van der Waals surface area contributed by atoms with Gasteiger partial charge in [0.25, 0.3) is 11.5 Å². The van der Waals surface area contributed by atoms with Gasteiger partial charge >= 0.3 is 5.69 Å². The third kappa shape index (κ3) is 4.47. The third-order valence-electron chi connectivity index (χ3n) is 4.16. The monoisotopic (exact) mass is 380 g/mol. The fourth-order valence-corrected chi connectivity index (χ4v) is 2.64. The molecule has 28 heavy (non-hydrogen) atoms. The summed E-state index contributed by atoms with van der Waals surface area (Å²) in [5.74, 6) is 0.00957. The van der Waals surface area contributed by atoms with Gasteiger partial charge in [0.1, 0.15) is 23.7 Å². The number of hydrogen-bond donors (Lipinski definition) is 4. The molecule has 1 unspecified atom stereocenters. The second kappa shape index (κ2) is 8.26. The highest BCUT2D eigenvalue weighted by Crippen LogP contribution is 2.20. The zero-order valence-electron chi connectivity index (χ0n) is 15.2. The highest BCUT2D eigenvalue weighted by molar-refractivity contribution is 5.97. The summed E-state index contributed by atoms with van der Waals surface area (Å²) in [6, 6.07) is 16.7. The summed E-state index contributed by atoms with van der Waals surface area (Å²) in [7, 11) is 0. The van der Waals surface area contributed by atoms with E-state index in [1.54, 1.807) is 6.92 Å².